The first-order valence-electron chi connectivity index (χ1n) is 18.2. The van der Waals surface area contributed by atoms with Crippen LogP contribution in [0.4, 0.5) is 0 Å². The summed E-state index contributed by atoms with van der Waals surface area (Å²) in [5.41, 5.74) is 11.2. The molecule has 0 unspecified atom stereocenters. The Labute approximate surface area is 315 Å². The third-order valence-corrected chi connectivity index (χ3v) is 13.7. The van der Waals surface area contributed by atoms with Crippen molar-refractivity contribution in [3.8, 4) is 23.1 Å². The Bertz CT molecular complexity index is 3570. The van der Waals surface area contributed by atoms with Gasteiger partial charge in [0.25, 0.3) is 0 Å². The zero-order valence-corrected chi connectivity index (χ0v) is 30.6. The Hall–Kier alpha value is -6.83. The van der Waals surface area contributed by atoms with E-state index in [1.165, 1.54) is 68.6 Å². The fourth-order valence-corrected chi connectivity index (χ4v) is 11.2. The van der Waals surface area contributed by atoms with Crippen LogP contribution in [0.15, 0.2) is 170 Å². The normalized spacial score (nSPS) is 12.1. The second-order valence-electron chi connectivity index (χ2n) is 14.1. The molecule has 0 spiro atoms. The third kappa shape index (κ3) is 4.07. The van der Waals surface area contributed by atoms with Crippen LogP contribution in [0.3, 0.4) is 0 Å². The average Bonchev–Trinajstić information content (AvgIpc) is 3.95. The van der Waals surface area contributed by atoms with Gasteiger partial charge in [-0.3, -0.25) is 0 Å². The Kier molecular flexibility index (Phi) is 6.10. The first-order valence-corrected chi connectivity index (χ1v) is 19.9. The number of fused-ring (bicyclic) bond motifs is 12. The molecule has 54 heavy (non-hydrogen) atoms. The van der Waals surface area contributed by atoms with Crippen molar-refractivity contribution in [2.45, 2.75) is 0 Å². The quantitative estimate of drug-likeness (QED) is 0.166. The number of hydrogen-bond donors (Lipinski definition) is 0. The summed E-state index contributed by atoms with van der Waals surface area (Å²) in [4.78, 5) is 0. The van der Waals surface area contributed by atoms with Crippen LogP contribution in [0.2, 0.25) is 0 Å². The van der Waals surface area contributed by atoms with Crippen molar-refractivity contribution in [3.05, 3.63) is 175 Å². The summed E-state index contributed by atoms with van der Waals surface area (Å²) >= 11 is 0.219. The van der Waals surface area contributed by atoms with Gasteiger partial charge in [0, 0.05) is 0 Å². The van der Waals surface area contributed by atoms with E-state index in [2.05, 4.69) is 177 Å². The van der Waals surface area contributed by atoms with Gasteiger partial charge in [0.2, 0.25) is 0 Å². The van der Waals surface area contributed by atoms with E-state index in [0.717, 1.165) is 33.2 Å². The predicted octanol–water partition coefficient (Wildman–Crippen LogP) is 12.2. The van der Waals surface area contributed by atoms with Crippen LogP contribution in [0.25, 0.3) is 102 Å². The summed E-state index contributed by atoms with van der Waals surface area (Å²) < 4.78 is 10.0. The molecule has 0 N–H and O–H groups in total. The molecule has 8 aromatic carbocycles. The van der Waals surface area contributed by atoms with Gasteiger partial charge in [-0.15, -0.1) is 0 Å². The number of hydrogen-bond acceptors (Lipinski definition) is 1. The molecule has 0 fully saturated rings. The van der Waals surface area contributed by atoms with Crippen molar-refractivity contribution in [2.75, 3.05) is 0 Å². The van der Waals surface area contributed by atoms with Crippen LogP contribution in [-0.4, -0.2) is 28.2 Å². The van der Waals surface area contributed by atoms with Crippen LogP contribution in [0.5, 0.6) is 0 Å². The summed E-state index contributed by atoms with van der Waals surface area (Å²) in [6, 6.07) is 64.1. The van der Waals surface area contributed by atoms with E-state index in [1.807, 2.05) is 12.1 Å². The predicted molar refractivity (Wildman–Crippen MR) is 226 cm³/mol. The van der Waals surface area contributed by atoms with Crippen LogP contribution in [0.1, 0.15) is 5.56 Å². The Morgan fingerprint density at radius 2 is 0.778 bits per heavy atom. The molecule has 0 saturated carbocycles. The van der Waals surface area contributed by atoms with Crippen molar-refractivity contribution >= 4 is 99.2 Å². The van der Waals surface area contributed by atoms with Gasteiger partial charge in [0.15, 0.2) is 0 Å². The summed E-state index contributed by atoms with van der Waals surface area (Å²) in [5.74, 6) is 0. The monoisotopic (exact) mass is 752 g/mol. The fraction of sp³-hybridized carbons (Fsp3) is 0. The van der Waals surface area contributed by atoms with Gasteiger partial charge < -0.3 is 0 Å². The summed E-state index contributed by atoms with van der Waals surface area (Å²) in [7, 11) is 0. The van der Waals surface area contributed by atoms with E-state index in [1.54, 1.807) is 0 Å². The molecule has 250 valence electrons. The molecule has 0 radical (unpaired) electrons. The second kappa shape index (κ2) is 11.1. The number of aromatic nitrogens is 3. The number of nitrogens with zero attached hydrogens (tertiary/aromatic N) is 4. The maximum atomic E-state index is 9.67. The molecule has 12 aromatic rings. The van der Waals surface area contributed by atoms with E-state index in [-0.39, 0.29) is 14.5 Å². The van der Waals surface area contributed by atoms with Crippen LogP contribution >= 0.6 is 0 Å². The van der Waals surface area contributed by atoms with Crippen LogP contribution in [-0.2, 0) is 0 Å². The topological polar surface area (TPSA) is 38.6 Å². The number of benzene rings is 8. The molecule has 0 aliphatic rings. The molecule has 0 saturated heterocycles. The Balaban J connectivity index is 1.11. The summed E-state index contributed by atoms with van der Waals surface area (Å²) in [6.07, 6.45) is 0. The molecule has 4 heterocycles. The number of rotatable bonds is 3. The Morgan fingerprint density at radius 3 is 1.31 bits per heavy atom. The second-order valence-corrected chi connectivity index (χ2v) is 16.4. The maximum absolute atomic E-state index is 9.67. The molecular weight excluding hydrogens is 724 g/mol. The third-order valence-electron chi connectivity index (χ3n) is 11.2. The molecule has 0 aliphatic heterocycles. The molecular formula is C49H28N4Se. The van der Waals surface area contributed by atoms with E-state index in [4.69, 9.17) is 0 Å². The van der Waals surface area contributed by atoms with E-state index in [9.17, 15) is 5.26 Å². The summed E-state index contributed by atoms with van der Waals surface area (Å²) in [6.45, 7) is 0. The van der Waals surface area contributed by atoms with Crippen LogP contribution in [0, 0.1) is 11.3 Å². The molecule has 0 atom stereocenters. The first-order chi connectivity index (χ1) is 26.7. The van der Waals surface area contributed by atoms with Crippen molar-refractivity contribution in [3.63, 3.8) is 0 Å². The van der Waals surface area contributed by atoms with Gasteiger partial charge in [-0.2, -0.15) is 0 Å². The molecule has 12 rings (SSSR count). The molecule has 5 heteroatoms. The van der Waals surface area contributed by atoms with E-state index < -0.39 is 0 Å². The molecule has 4 nitrogen and oxygen atoms in total. The van der Waals surface area contributed by atoms with Gasteiger partial charge in [-0.1, -0.05) is 18.2 Å². The van der Waals surface area contributed by atoms with Gasteiger partial charge >= 0.3 is 299 Å². The van der Waals surface area contributed by atoms with Gasteiger partial charge in [0.1, 0.15) is 0 Å². The first kappa shape index (κ1) is 29.7. The minimum atomic E-state index is 0.219. The van der Waals surface area contributed by atoms with E-state index in [0.29, 0.717) is 5.56 Å². The molecule has 0 amide bonds. The van der Waals surface area contributed by atoms with Crippen LogP contribution < -0.4 is 0 Å². The SMILES string of the molecule is N#Cc1ccc2c(c1)c1ccccc1n2-c1ccc2[se]c3ccc(-n4c5ccccc5c5cc6c(cc54)c4ccccc4n6-c4ccccc4)cc3c2c1. The Morgan fingerprint density at radius 1 is 0.333 bits per heavy atom. The average molecular weight is 752 g/mol. The zero-order valence-electron chi connectivity index (χ0n) is 28.9. The molecule has 0 bridgehead atoms. The summed E-state index contributed by atoms with van der Waals surface area (Å²) in [5, 5.41) is 19.5. The molecule has 0 aliphatic carbocycles. The van der Waals surface area contributed by atoms with Crippen molar-refractivity contribution in [1.29, 1.82) is 5.26 Å². The fourth-order valence-electron chi connectivity index (χ4n) is 8.92. The van der Waals surface area contributed by atoms with Gasteiger partial charge in [-0.05, 0) is 0 Å². The van der Waals surface area contributed by atoms with E-state index >= 15 is 0 Å². The van der Waals surface area contributed by atoms with Crippen molar-refractivity contribution in [2.24, 2.45) is 0 Å². The zero-order chi connectivity index (χ0) is 35.5. The van der Waals surface area contributed by atoms with Crippen molar-refractivity contribution < 1.29 is 0 Å². The minimum absolute atomic E-state index is 0.219. The van der Waals surface area contributed by atoms with Gasteiger partial charge in [0.05, 0.1) is 0 Å². The molecule has 4 aromatic heterocycles. The van der Waals surface area contributed by atoms with Gasteiger partial charge in [-0.25, -0.2) is 0 Å². The number of para-hydroxylation sites is 4. The van der Waals surface area contributed by atoms with Crippen molar-refractivity contribution in [1.82, 2.24) is 13.7 Å². The number of nitriles is 1. The standard InChI is InChI=1S/C49H28N4Se/c50-29-30-18-21-45-37(24-30)34-12-4-8-16-43(34)52(45)32-19-22-48-40(25-32)41-26-33(20-23-49(41)54-48)53-44-17-9-6-14-36(44)39-27-46-38(28-47(39)53)35-13-5-7-15-42(35)51(46)31-10-2-1-3-11-31/h1-28H.